The second-order valence-corrected chi connectivity index (χ2v) is 10.5. The van der Waals surface area contributed by atoms with Crippen LogP contribution in [0.1, 0.15) is 31.2 Å². The molecule has 2 aromatic heterocycles. The van der Waals surface area contributed by atoms with Gasteiger partial charge in [-0.15, -0.1) is 0 Å². The van der Waals surface area contributed by atoms with Crippen molar-refractivity contribution in [3.8, 4) is 11.5 Å². The maximum atomic E-state index is 13.9. The molecule has 5 rings (SSSR count). The zero-order valence-corrected chi connectivity index (χ0v) is 23.6. The number of hydrogen-bond acceptors (Lipinski definition) is 9. The molecule has 4 heterocycles. The molecule has 1 N–H and O–H groups in total. The number of carbonyl (C=O) groups is 1. The number of anilines is 1. The maximum absolute atomic E-state index is 13.9. The van der Waals surface area contributed by atoms with Crippen LogP contribution in [-0.4, -0.2) is 64.6 Å². The maximum Gasteiger partial charge on any atom is 0.338 e. The van der Waals surface area contributed by atoms with Gasteiger partial charge in [0.1, 0.15) is 23.3 Å². The Hall–Kier alpha value is -3.83. The number of ether oxygens (including phenoxy) is 3. The van der Waals surface area contributed by atoms with Gasteiger partial charge in [0.05, 0.1) is 69.9 Å². The molecule has 11 heteroatoms. The van der Waals surface area contributed by atoms with Gasteiger partial charge in [0.2, 0.25) is 0 Å². The second-order valence-electron chi connectivity index (χ2n) is 9.53. The summed E-state index contributed by atoms with van der Waals surface area (Å²) in [5.74, 6) is 1.93. The Kier molecular flexibility index (Phi) is 7.62. The average molecular weight is 554 g/mol. The Morgan fingerprint density at radius 1 is 1.21 bits per heavy atom. The van der Waals surface area contributed by atoms with Crippen LogP contribution < -0.4 is 34.2 Å². The Bertz CT molecular complexity index is 1590. The number of rotatable bonds is 7. The third-order valence-corrected chi connectivity index (χ3v) is 8.05. The number of allylic oxidation sites excluding steroid dienone is 1. The molecule has 2 aliphatic heterocycles. The number of fused-ring (bicyclic) bond motifs is 1. The predicted octanol–water partition coefficient (Wildman–Crippen LogP) is 0.743. The SMILES string of the molecule is CCOC(=O)C1=C(C)N=c2s/c(=C/c3ccc(N4CC[NH+](C)CC4)o3)c(=O)n2[C@H]1c1ccc(OC)cc1OC. The van der Waals surface area contributed by atoms with Gasteiger partial charge in [-0.3, -0.25) is 9.36 Å². The molecule has 1 aromatic carbocycles. The zero-order chi connectivity index (χ0) is 27.7. The first-order chi connectivity index (χ1) is 18.8. The normalized spacial score (nSPS) is 18.1. The molecule has 10 nitrogen and oxygen atoms in total. The lowest BCUT2D eigenvalue weighted by Gasteiger charge is -2.29. The summed E-state index contributed by atoms with van der Waals surface area (Å²) in [5, 5.41) is 0. The molecule has 0 spiro atoms. The topological polar surface area (TPSA) is 99.9 Å². The van der Waals surface area contributed by atoms with E-state index in [-0.39, 0.29) is 17.7 Å². The largest absolute Gasteiger partial charge is 0.497 e. The summed E-state index contributed by atoms with van der Waals surface area (Å²) in [7, 11) is 5.30. The molecule has 0 aliphatic carbocycles. The fourth-order valence-electron chi connectivity index (χ4n) is 4.96. The van der Waals surface area contributed by atoms with Gasteiger partial charge in [-0.05, 0) is 32.0 Å². The van der Waals surface area contributed by atoms with E-state index < -0.39 is 12.0 Å². The quantitative estimate of drug-likeness (QED) is 0.431. The third kappa shape index (κ3) is 5.11. The minimum Gasteiger partial charge on any atom is -0.497 e. The van der Waals surface area contributed by atoms with Crippen LogP contribution in [0.3, 0.4) is 0 Å². The Morgan fingerprint density at radius 2 is 1.97 bits per heavy atom. The van der Waals surface area contributed by atoms with Crippen LogP contribution in [0.25, 0.3) is 6.08 Å². The highest BCUT2D eigenvalue weighted by atomic mass is 32.1. The summed E-state index contributed by atoms with van der Waals surface area (Å²) in [4.78, 5) is 35.9. The Morgan fingerprint density at radius 3 is 2.67 bits per heavy atom. The van der Waals surface area contributed by atoms with Crippen LogP contribution in [0, 0.1) is 0 Å². The molecule has 1 atom stereocenters. The molecule has 0 radical (unpaired) electrons. The molecule has 0 saturated carbocycles. The molecule has 0 amide bonds. The monoisotopic (exact) mass is 553 g/mol. The molecule has 2 aliphatic rings. The zero-order valence-electron chi connectivity index (χ0n) is 22.8. The number of hydrogen-bond donors (Lipinski definition) is 1. The summed E-state index contributed by atoms with van der Waals surface area (Å²) in [6.45, 7) is 7.62. The third-order valence-electron chi connectivity index (χ3n) is 7.07. The average Bonchev–Trinajstić information content (AvgIpc) is 3.52. The summed E-state index contributed by atoms with van der Waals surface area (Å²) in [5.41, 5.74) is 1.12. The van der Waals surface area contributed by atoms with E-state index in [2.05, 4.69) is 16.9 Å². The molecule has 3 aromatic rings. The van der Waals surface area contributed by atoms with Crippen LogP contribution in [0.2, 0.25) is 0 Å². The van der Waals surface area contributed by atoms with E-state index >= 15 is 0 Å². The summed E-state index contributed by atoms with van der Waals surface area (Å²) >= 11 is 1.25. The van der Waals surface area contributed by atoms with Gasteiger partial charge in [-0.25, -0.2) is 9.79 Å². The van der Waals surface area contributed by atoms with Gasteiger partial charge in [0.25, 0.3) is 5.56 Å². The van der Waals surface area contributed by atoms with E-state index in [0.717, 1.165) is 32.1 Å². The highest BCUT2D eigenvalue weighted by Gasteiger charge is 2.35. The number of piperazine rings is 1. The molecule has 1 fully saturated rings. The summed E-state index contributed by atoms with van der Waals surface area (Å²) < 4.78 is 24.5. The molecule has 206 valence electrons. The van der Waals surface area contributed by atoms with Crippen LogP contribution in [0.4, 0.5) is 5.88 Å². The number of furan rings is 1. The number of thiazole rings is 1. The van der Waals surface area contributed by atoms with Gasteiger partial charge in [0.15, 0.2) is 10.7 Å². The number of esters is 1. The minimum atomic E-state index is -0.789. The number of methoxy groups -OCH3 is 2. The predicted molar refractivity (Wildman–Crippen MR) is 147 cm³/mol. The first-order valence-corrected chi connectivity index (χ1v) is 13.7. The van der Waals surface area contributed by atoms with Crippen molar-refractivity contribution < 1.29 is 28.3 Å². The van der Waals surface area contributed by atoms with Crippen molar-refractivity contribution in [1.29, 1.82) is 0 Å². The minimum absolute atomic E-state index is 0.196. The molecular formula is C28H33N4O6S+. The highest BCUT2D eigenvalue weighted by Crippen LogP contribution is 2.37. The van der Waals surface area contributed by atoms with Crippen molar-refractivity contribution in [3.05, 3.63) is 72.6 Å². The molecular weight excluding hydrogens is 520 g/mol. The van der Waals surface area contributed by atoms with E-state index in [1.165, 1.54) is 20.8 Å². The van der Waals surface area contributed by atoms with E-state index in [4.69, 9.17) is 18.6 Å². The van der Waals surface area contributed by atoms with Crippen LogP contribution in [0.5, 0.6) is 11.5 Å². The van der Waals surface area contributed by atoms with Crippen LogP contribution in [-0.2, 0) is 9.53 Å². The van der Waals surface area contributed by atoms with Crippen molar-refractivity contribution >= 4 is 29.3 Å². The van der Waals surface area contributed by atoms with Crippen molar-refractivity contribution in [1.82, 2.24) is 4.57 Å². The number of quaternary nitrogens is 1. The molecule has 1 saturated heterocycles. The van der Waals surface area contributed by atoms with E-state index in [1.54, 1.807) is 52.3 Å². The van der Waals surface area contributed by atoms with Crippen LogP contribution >= 0.6 is 11.3 Å². The fourth-order valence-corrected chi connectivity index (χ4v) is 5.98. The Balaban J connectivity index is 1.62. The van der Waals surface area contributed by atoms with Crippen molar-refractivity contribution in [2.45, 2.75) is 19.9 Å². The van der Waals surface area contributed by atoms with Gasteiger partial charge in [0, 0.05) is 23.8 Å². The van der Waals surface area contributed by atoms with E-state index in [0.29, 0.717) is 37.9 Å². The molecule has 0 bridgehead atoms. The second kappa shape index (κ2) is 11.1. The van der Waals surface area contributed by atoms with Gasteiger partial charge in [-0.1, -0.05) is 11.3 Å². The van der Waals surface area contributed by atoms with E-state index in [1.807, 2.05) is 12.1 Å². The van der Waals surface area contributed by atoms with Crippen molar-refractivity contribution in [2.24, 2.45) is 4.99 Å². The lowest BCUT2D eigenvalue weighted by atomic mass is 9.95. The fraction of sp³-hybridized carbons (Fsp3) is 0.393. The van der Waals surface area contributed by atoms with Gasteiger partial charge < -0.3 is 28.4 Å². The lowest BCUT2D eigenvalue weighted by Crippen LogP contribution is -3.12. The number of benzene rings is 1. The molecule has 39 heavy (non-hydrogen) atoms. The van der Waals surface area contributed by atoms with Crippen LogP contribution in [0.15, 0.2) is 55.8 Å². The first-order valence-electron chi connectivity index (χ1n) is 12.9. The number of nitrogens with one attached hydrogen (secondary N) is 1. The number of carbonyl (C=O) groups excluding carboxylic acids is 1. The van der Waals surface area contributed by atoms with Crippen molar-refractivity contribution in [3.63, 3.8) is 0 Å². The van der Waals surface area contributed by atoms with Crippen molar-refractivity contribution in [2.75, 3.05) is 59.0 Å². The van der Waals surface area contributed by atoms with E-state index in [9.17, 15) is 9.59 Å². The van der Waals surface area contributed by atoms with Gasteiger partial charge in [-0.2, -0.15) is 0 Å². The highest BCUT2D eigenvalue weighted by molar-refractivity contribution is 7.07. The van der Waals surface area contributed by atoms with Gasteiger partial charge >= 0.3 is 5.97 Å². The summed E-state index contributed by atoms with van der Waals surface area (Å²) in [6.07, 6.45) is 1.74. The Labute approximate surface area is 230 Å². The number of likely N-dealkylation sites (N-methyl/N-ethyl adjacent to an activating group) is 1. The smallest absolute Gasteiger partial charge is 0.338 e. The number of aromatic nitrogens is 1. The molecule has 0 unspecified atom stereocenters. The first kappa shape index (κ1) is 26.8. The standard InChI is InChI=1S/C28H32N4O6S/c1-6-37-27(34)24-17(2)29-28-32(25(24)20-9-7-18(35-4)15-21(20)36-5)26(33)22(39-28)16-19-8-10-23(38-19)31-13-11-30(3)12-14-31/h7-10,15-16,25H,6,11-14H2,1-5H3/p+1/b22-16+/t25-/m0/s1. The lowest BCUT2D eigenvalue weighted by molar-refractivity contribution is -0.880. The summed E-state index contributed by atoms with van der Waals surface area (Å²) in [6, 6.07) is 8.33. The number of nitrogens with zero attached hydrogens (tertiary/aromatic N) is 3.